The summed E-state index contributed by atoms with van der Waals surface area (Å²) in [5.41, 5.74) is 4.88. The van der Waals surface area contributed by atoms with Gasteiger partial charge in [-0.25, -0.2) is 0 Å². The number of Topliss-reactive ketones (excluding diaryl/α,β-unsaturated/α-hetero) is 2. The molecule has 2 aromatic carbocycles. The normalized spacial score (nSPS) is 14.1. The summed E-state index contributed by atoms with van der Waals surface area (Å²) in [5.74, 6) is -0.0104. The summed E-state index contributed by atoms with van der Waals surface area (Å²) in [5, 5.41) is 0. The zero-order valence-corrected chi connectivity index (χ0v) is 14.3. The minimum Gasteiger partial charge on any atom is -0.289 e. The lowest BCUT2D eigenvalue weighted by molar-refractivity contribution is 0.0972. The number of hydrogen-bond donors (Lipinski definition) is 0. The van der Waals surface area contributed by atoms with Gasteiger partial charge in [0.2, 0.25) is 0 Å². The molecule has 0 saturated carbocycles. The van der Waals surface area contributed by atoms with E-state index in [0.717, 1.165) is 19.3 Å². The zero-order valence-electron chi connectivity index (χ0n) is 14.3. The molecule has 2 heteroatoms. The van der Waals surface area contributed by atoms with Gasteiger partial charge in [0.15, 0.2) is 11.6 Å². The standard InChI is InChI=1S/C22H22O2/c1-3-6-16-9-11-17(12-10-16)13-14-18-15(2)21(23)19-7-4-5-8-20(19)22(18)24/h4-5,7-12H,3,6,13-14H2,1-2H3. The van der Waals surface area contributed by atoms with Crippen LogP contribution in [0.3, 0.4) is 0 Å². The molecular weight excluding hydrogens is 296 g/mol. The predicted molar refractivity (Wildman–Crippen MR) is 96.6 cm³/mol. The molecule has 0 atom stereocenters. The maximum absolute atomic E-state index is 12.7. The number of rotatable bonds is 5. The number of hydrogen-bond acceptors (Lipinski definition) is 2. The number of aryl methyl sites for hydroxylation is 2. The molecule has 122 valence electrons. The summed E-state index contributed by atoms with van der Waals surface area (Å²) in [6.07, 6.45) is 3.62. The van der Waals surface area contributed by atoms with Crippen molar-refractivity contribution in [1.82, 2.24) is 0 Å². The van der Waals surface area contributed by atoms with E-state index in [1.165, 1.54) is 11.1 Å². The third-order valence-corrected chi connectivity index (χ3v) is 4.71. The summed E-state index contributed by atoms with van der Waals surface area (Å²) in [6.45, 7) is 3.95. The van der Waals surface area contributed by atoms with E-state index < -0.39 is 0 Å². The molecule has 0 spiro atoms. The third kappa shape index (κ3) is 3.09. The highest BCUT2D eigenvalue weighted by atomic mass is 16.1. The first-order valence-electron chi connectivity index (χ1n) is 8.57. The van der Waals surface area contributed by atoms with Gasteiger partial charge in [0, 0.05) is 22.3 Å². The van der Waals surface area contributed by atoms with E-state index in [9.17, 15) is 9.59 Å². The van der Waals surface area contributed by atoms with Crippen LogP contribution < -0.4 is 0 Å². The Morgan fingerprint density at radius 1 is 0.708 bits per heavy atom. The zero-order chi connectivity index (χ0) is 17.1. The topological polar surface area (TPSA) is 34.1 Å². The molecule has 0 fully saturated rings. The van der Waals surface area contributed by atoms with Crippen molar-refractivity contribution in [2.24, 2.45) is 0 Å². The van der Waals surface area contributed by atoms with Gasteiger partial charge in [0.1, 0.15) is 0 Å². The van der Waals surface area contributed by atoms with Gasteiger partial charge in [-0.1, -0.05) is 61.9 Å². The number of carbonyl (C=O) groups excluding carboxylic acids is 2. The fourth-order valence-electron chi connectivity index (χ4n) is 3.28. The highest BCUT2D eigenvalue weighted by molar-refractivity contribution is 6.26. The summed E-state index contributed by atoms with van der Waals surface area (Å²) in [4.78, 5) is 25.2. The van der Waals surface area contributed by atoms with Crippen molar-refractivity contribution in [1.29, 1.82) is 0 Å². The van der Waals surface area contributed by atoms with Crippen LogP contribution in [-0.4, -0.2) is 11.6 Å². The molecule has 0 N–H and O–H groups in total. The Balaban J connectivity index is 1.78. The second-order valence-electron chi connectivity index (χ2n) is 6.37. The SMILES string of the molecule is CCCc1ccc(CCC2=C(C)C(=O)c3ccccc3C2=O)cc1. The van der Waals surface area contributed by atoms with Crippen molar-refractivity contribution in [3.8, 4) is 0 Å². The minimum absolute atomic E-state index is 0.00491. The highest BCUT2D eigenvalue weighted by Crippen LogP contribution is 2.28. The molecule has 2 nitrogen and oxygen atoms in total. The summed E-state index contributed by atoms with van der Waals surface area (Å²) < 4.78 is 0. The molecule has 0 unspecified atom stereocenters. The molecule has 0 heterocycles. The lowest BCUT2D eigenvalue weighted by Gasteiger charge is -2.19. The molecular formula is C22H22O2. The fraction of sp³-hybridized carbons (Fsp3) is 0.273. The average Bonchev–Trinajstić information content (AvgIpc) is 2.61. The third-order valence-electron chi connectivity index (χ3n) is 4.71. The predicted octanol–water partition coefficient (Wildman–Crippen LogP) is 4.97. The van der Waals surface area contributed by atoms with Crippen LogP contribution in [0.15, 0.2) is 59.7 Å². The summed E-state index contributed by atoms with van der Waals surface area (Å²) >= 11 is 0. The van der Waals surface area contributed by atoms with E-state index in [2.05, 4.69) is 31.2 Å². The molecule has 0 amide bonds. The first kappa shape index (κ1) is 16.4. The lowest BCUT2D eigenvalue weighted by Crippen LogP contribution is -2.21. The van der Waals surface area contributed by atoms with Crippen molar-refractivity contribution in [3.05, 3.63) is 81.9 Å². The number of ketones is 2. The first-order chi connectivity index (χ1) is 11.6. The Hall–Kier alpha value is -2.48. The molecule has 1 aliphatic carbocycles. The molecule has 3 rings (SSSR count). The Bertz CT molecular complexity index is 810. The van der Waals surface area contributed by atoms with E-state index in [1.807, 2.05) is 6.07 Å². The Morgan fingerprint density at radius 3 is 1.83 bits per heavy atom. The maximum atomic E-state index is 12.7. The van der Waals surface area contributed by atoms with Gasteiger partial charge in [0.25, 0.3) is 0 Å². The number of allylic oxidation sites excluding steroid dienone is 2. The average molecular weight is 318 g/mol. The van der Waals surface area contributed by atoms with Crippen LogP contribution in [0.25, 0.3) is 0 Å². The molecule has 24 heavy (non-hydrogen) atoms. The largest absolute Gasteiger partial charge is 0.289 e. The van der Waals surface area contributed by atoms with Gasteiger partial charge in [-0.15, -0.1) is 0 Å². The van der Waals surface area contributed by atoms with E-state index in [1.54, 1.807) is 25.1 Å². The van der Waals surface area contributed by atoms with Crippen molar-refractivity contribution in [2.75, 3.05) is 0 Å². The van der Waals surface area contributed by atoms with Crippen molar-refractivity contribution < 1.29 is 9.59 Å². The smallest absolute Gasteiger partial charge is 0.190 e. The fourth-order valence-corrected chi connectivity index (χ4v) is 3.28. The first-order valence-corrected chi connectivity index (χ1v) is 8.57. The van der Waals surface area contributed by atoms with Gasteiger partial charge in [0.05, 0.1) is 0 Å². The lowest BCUT2D eigenvalue weighted by atomic mass is 9.82. The Morgan fingerprint density at radius 2 is 1.25 bits per heavy atom. The van der Waals surface area contributed by atoms with Gasteiger partial charge in [-0.2, -0.15) is 0 Å². The number of carbonyl (C=O) groups is 2. The van der Waals surface area contributed by atoms with Crippen LogP contribution in [0, 0.1) is 0 Å². The molecule has 0 aromatic heterocycles. The Kier molecular flexibility index (Phi) is 4.75. The van der Waals surface area contributed by atoms with Gasteiger partial charge < -0.3 is 0 Å². The molecule has 0 saturated heterocycles. The van der Waals surface area contributed by atoms with Gasteiger partial charge >= 0.3 is 0 Å². The number of benzene rings is 2. The summed E-state index contributed by atoms with van der Waals surface area (Å²) in [6, 6.07) is 15.7. The quantitative estimate of drug-likeness (QED) is 0.780. The van der Waals surface area contributed by atoms with Crippen LogP contribution in [0.4, 0.5) is 0 Å². The van der Waals surface area contributed by atoms with E-state index in [0.29, 0.717) is 28.7 Å². The van der Waals surface area contributed by atoms with Crippen molar-refractivity contribution in [2.45, 2.75) is 39.5 Å². The summed E-state index contributed by atoms with van der Waals surface area (Å²) in [7, 11) is 0. The molecule has 2 aromatic rings. The number of fused-ring (bicyclic) bond motifs is 1. The van der Waals surface area contributed by atoms with E-state index >= 15 is 0 Å². The van der Waals surface area contributed by atoms with Crippen LogP contribution >= 0.6 is 0 Å². The highest BCUT2D eigenvalue weighted by Gasteiger charge is 2.28. The van der Waals surface area contributed by atoms with Crippen molar-refractivity contribution in [3.63, 3.8) is 0 Å². The molecule has 0 radical (unpaired) electrons. The van der Waals surface area contributed by atoms with Gasteiger partial charge in [-0.05, 0) is 37.3 Å². The second-order valence-corrected chi connectivity index (χ2v) is 6.37. The molecule has 0 aliphatic heterocycles. The maximum Gasteiger partial charge on any atom is 0.190 e. The Labute approximate surface area is 143 Å². The van der Waals surface area contributed by atoms with Crippen LogP contribution in [0.1, 0.15) is 58.5 Å². The van der Waals surface area contributed by atoms with E-state index in [-0.39, 0.29) is 11.6 Å². The minimum atomic E-state index is -0.0153. The van der Waals surface area contributed by atoms with Crippen LogP contribution in [-0.2, 0) is 12.8 Å². The van der Waals surface area contributed by atoms with Crippen LogP contribution in [0.5, 0.6) is 0 Å². The molecule has 1 aliphatic rings. The van der Waals surface area contributed by atoms with Crippen LogP contribution in [0.2, 0.25) is 0 Å². The monoisotopic (exact) mass is 318 g/mol. The van der Waals surface area contributed by atoms with E-state index in [4.69, 9.17) is 0 Å². The van der Waals surface area contributed by atoms with Gasteiger partial charge in [-0.3, -0.25) is 9.59 Å². The second kappa shape index (κ2) is 6.96. The van der Waals surface area contributed by atoms with Crippen molar-refractivity contribution >= 4 is 11.6 Å². The molecule has 0 bridgehead atoms.